The van der Waals surface area contributed by atoms with Crippen LogP contribution < -0.4 is 5.32 Å². The maximum Gasteiger partial charge on any atom is 0.173 e. The van der Waals surface area contributed by atoms with Gasteiger partial charge in [0.25, 0.3) is 0 Å². The van der Waals surface area contributed by atoms with E-state index in [0.29, 0.717) is 24.6 Å². The Hall–Kier alpha value is -3.25. The van der Waals surface area contributed by atoms with Gasteiger partial charge in [-0.25, -0.2) is 9.37 Å². The van der Waals surface area contributed by atoms with Crippen molar-refractivity contribution < 1.29 is 4.39 Å². The number of nitrogens with one attached hydrogen (secondary N) is 2. The van der Waals surface area contributed by atoms with Crippen molar-refractivity contribution in [3.05, 3.63) is 96.1 Å². The highest BCUT2D eigenvalue weighted by atomic mass is 32.1. The van der Waals surface area contributed by atoms with Gasteiger partial charge in [-0.15, -0.1) is 0 Å². The summed E-state index contributed by atoms with van der Waals surface area (Å²) >= 11 is 5.67. The average Bonchev–Trinajstić information content (AvgIpc) is 3.16. The average molecular weight is 405 g/mol. The molecule has 6 heteroatoms. The van der Waals surface area contributed by atoms with Crippen LogP contribution in [-0.4, -0.2) is 26.5 Å². The minimum absolute atomic E-state index is 0.243. The topological polar surface area (TPSA) is 44.0 Å². The summed E-state index contributed by atoms with van der Waals surface area (Å²) in [5.74, 6) is 0.672. The van der Waals surface area contributed by atoms with E-state index in [4.69, 9.17) is 12.2 Å². The van der Waals surface area contributed by atoms with E-state index < -0.39 is 0 Å². The number of hydrogen-bond donors (Lipinski definition) is 2. The molecule has 0 spiro atoms. The number of anilines is 1. The molecule has 1 heterocycles. The zero-order valence-electron chi connectivity index (χ0n) is 15.8. The molecule has 29 heavy (non-hydrogen) atoms. The van der Waals surface area contributed by atoms with E-state index in [1.807, 2.05) is 54.6 Å². The number of imidazole rings is 1. The van der Waals surface area contributed by atoms with Crippen LogP contribution in [0.3, 0.4) is 0 Å². The highest BCUT2D eigenvalue weighted by Gasteiger charge is 2.13. The van der Waals surface area contributed by atoms with Crippen molar-refractivity contribution in [3.8, 4) is 0 Å². The molecular formula is C23H21FN4S. The van der Waals surface area contributed by atoms with Crippen LogP contribution in [0.2, 0.25) is 0 Å². The van der Waals surface area contributed by atoms with Gasteiger partial charge in [-0.1, -0.05) is 42.5 Å². The van der Waals surface area contributed by atoms with Crippen molar-refractivity contribution in [2.24, 2.45) is 0 Å². The molecule has 0 unspecified atom stereocenters. The standard InChI is InChI=1S/C23H21FN4S/c24-18-12-10-17(11-13-18)16-28(23(29)25-19-6-2-1-3-7-19)15-14-22-26-20-8-4-5-9-21(20)27-22/h1-13H,14-16H2,(H,25,29)(H,26,27). The Morgan fingerprint density at radius 1 is 0.966 bits per heavy atom. The molecule has 0 saturated heterocycles. The number of fused-ring (bicyclic) bond motifs is 1. The number of aromatic amines is 1. The largest absolute Gasteiger partial charge is 0.344 e. The molecule has 0 aliphatic carbocycles. The molecular weight excluding hydrogens is 383 g/mol. The van der Waals surface area contributed by atoms with E-state index in [1.165, 1.54) is 12.1 Å². The summed E-state index contributed by atoms with van der Waals surface area (Å²) in [4.78, 5) is 10.1. The van der Waals surface area contributed by atoms with Crippen LogP contribution in [0.15, 0.2) is 78.9 Å². The number of halogens is 1. The second-order valence-corrected chi connectivity index (χ2v) is 7.18. The maximum atomic E-state index is 13.3. The molecule has 0 aliphatic rings. The molecule has 146 valence electrons. The van der Waals surface area contributed by atoms with Crippen molar-refractivity contribution >= 4 is 34.1 Å². The molecule has 0 atom stereocenters. The van der Waals surface area contributed by atoms with Gasteiger partial charge in [0.05, 0.1) is 11.0 Å². The zero-order chi connectivity index (χ0) is 20.1. The second-order valence-electron chi connectivity index (χ2n) is 6.79. The van der Waals surface area contributed by atoms with E-state index in [1.54, 1.807) is 12.1 Å². The third-order valence-electron chi connectivity index (χ3n) is 4.66. The van der Waals surface area contributed by atoms with Crippen LogP contribution in [0.25, 0.3) is 11.0 Å². The summed E-state index contributed by atoms with van der Waals surface area (Å²) in [5.41, 5.74) is 3.91. The molecule has 1 aromatic heterocycles. The normalized spacial score (nSPS) is 10.8. The number of H-pyrrole nitrogens is 1. The van der Waals surface area contributed by atoms with Crippen LogP contribution in [-0.2, 0) is 13.0 Å². The highest BCUT2D eigenvalue weighted by Crippen LogP contribution is 2.14. The Labute approximate surface area is 174 Å². The van der Waals surface area contributed by atoms with E-state index in [9.17, 15) is 4.39 Å². The number of nitrogens with zero attached hydrogens (tertiary/aromatic N) is 2. The lowest BCUT2D eigenvalue weighted by Gasteiger charge is -2.26. The van der Waals surface area contributed by atoms with Crippen LogP contribution in [0, 0.1) is 5.82 Å². The fourth-order valence-corrected chi connectivity index (χ4v) is 3.43. The Kier molecular flexibility index (Phi) is 5.81. The highest BCUT2D eigenvalue weighted by molar-refractivity contribution is 7.80. The van der Waals surface area contributed by atoms with Crippen molar-refractivity contribution in [2.45, 2.75) is 13.0 Å². The zero-order valence-corrected chi connectivity index (χ0v) is 16.6. The summed E-state index contributed by atoms with van der Waals surface area (Å²) < 4.78 is 13.3. The fraction of sp³-hybridized carbons (Fsp3) is 0.130. The molecule has 4 aromatic rings. The van der Waals surface area contributed by atoms with Gasteiger partial charge in [0.2, 0.25) is 0 Å². The number of aromatic nitrogens is 2. The Morgan fingerprint density at radius 3 is 2.45 bits per heavy atom. The van der Waals surface area contributed by atoms with Crippen LogP contribution in [0.4, 0.5) is 10.1 Å². The molecule has 2 N–H and O–H groups in total. The Balaban J connectivity index is 1.49. The first-order valence-electron chi connectivity index (χ1n) is 9.46. The second kappa shape index (κ2) is 8.84. The van der Waals surface area contributed by atoms with Crippen LogP contribution in [0.1, 0.15) is 11.4 Å². The molecule has 4 rings (SSSR count). The van der Waals surface area contributed by atoms with Crippen LogP contribution >= 0.6 is 12.2 Å². The summed E-state index contributed by atoms with van der Waals surface area (Å²) in [6.45, 7) is 1.26. The Morgan fingerprint density at radius 2 is 1.69 bits per heavy atom. The molecule has 3 aromatic carbocycles. The van der Waals surface area contributed by atoms with Gasteiger partial charge >= 0.3 is 0 Å². The molecule has 4 nitrogen and oxygen atoms in total. The lowest BCUT2D eigenvalue weighted by Crippen LogP contribution is -2.36. The van der Waals surface area contributed by atoms with Crippen molar-refractivity contribution in [3.63, 3.8) is 0 Å². The van der Waals surface area contributed by atoms with E-state index in [0.717, 1.165) is 28.1 Å². The minimum Gasteiger partial charge on any atom is -0.344 e. The lowest BCUT2D eigenvalue weighted by molar-refractivity contribution is 0.419. The predicted molar refractivity (Wildman–Crippen MR) is 119 cm³/mol. The van der Waals surface area contributed by atoms with Crippen LogP contribution in [0.5, 0.6) is 0 Å². The van der Waals surface area contributed by atoms with Gasteiger partial charge in [0.1, 0.15) is 11.6 Å². The van der Waals surface area contributed by atoms with E-state index >= 15 is 0 Å². The number of rotatable bonds is 6. The number of para-hydroxylation sites is 3. The fourth-order valence-electron chi connectivity index (χ4n) is 3.15. The van der Waals surface area contributed by atoms with Crippen molar-refractivity contribution in [2.75, 3.05) is 11.9 Å². The molecule has 0 amide bonds. The molecule has 0 radical (unpaired) electrons. The maximum absolute atomic E-state index is 13.3. The number of thiocarbonyl (C=S) groups is 1. The Bertz CT molecular complexity index is 1060. The summed E-state index contributed by atoms with van der Waals surface area (Å²) in [7, 11) is 0. The van der Waals surface area contributed by atoms with E-state index in [2.05, 4.69) is 20.2 Å². The number of benzene rings is 3. The van der Waals surface area contributed by atoms with Gasteiger partial charge in [0, 0.05) is 25.2 Å². The first kappa shape index (κ1) is 19.1. The number of hydrogen-bond acceptors (Lipinski definition) is 2. The molecule has 0 bridgehead atoms. The smallest absolute Gasteiger partial charge is 0.173 e. The van der Waals surface area contributed by atoms with Gasteiger partial charge in [-0.05, 0) is 54.2 Å². The summed E-state index contributed by atoms with van der Waals surface area (Å²) in [6, 6.07) is 24.3. The van der Waals surface area contributed by atoms with E-state index in [-0.39, 0.29) is 5.82 Å². The van der Waals surface area contributed by atoms with Gasteiger partial charge in [-0.3, -0.25) is 0 Å². The summed E-state index contributed by atoms with van der Waals surface area (Å²) in [5, 5.41) is 3.91. The quantitative estimate of drug-likeness (QED) is 0.437. The van der Waals surface area contributed by atoms with Gasteiger partial charge < -0.3 is 15.2 Å². The molecule has 0 saturated carbocycles. The first-order valence-corrected chi connectivity index (χ1v) is 9.87. The predicted octanol–water partition coefficient (Wildman–Crippen LogP) is 5.14. The van der Waals surface area contributed by atoms with Crippen molar-refractivity contribution in [1.82, 2.24) is 14.9 Å². The van der Waals surface area contributed by atoms with Gasteiger partial charge in [-0.2, -0.15) is 0 Å². The minimum atomic E-state index is -0.243. The monoisotopic (exact) mass is 404 g/mol. The lowest BCUT2D eigenvalue weighted by atomic mass is 10.2. The first-order chi connectivity index (χ1) is 14.2. The SMILES string of the molecule is Fc1ccc(CN(CCc2nc3ccccc3[nH]2)C(=S)Nc2ccccc2)cc1. The van der Waals surface area contributed by atoms with Crippen molar-refractivity contribution in [1.29, 1.82) is 0 Å². The molecule has 0 aliphatic heterocycles. The third kappa shape index (κ3) is 4.97. The third-order valence-corrected chi connectivity index (χ3v) is 5.02. The summed E-state index contributed by atoms with van der Waals surface area (Å²) in [6.07, 6.45) is 0.715. The van der Waals surface area contributed by atoms with Gasteiger partial charge in [0.15, 0.2) is 5.11 Å². The molecule has 0 fully saturated rings.